The van der Waals surface area contributed by atoms with E-state index < -0.39 is 47.3 Å². The lowest BCUT2D eigenvalue weighted by atomic mass is 9.97. The van der Waals surface area contributed by atoms with Crippen LogP contribution in [-0.2, 0) is 14.3 Å². The molecule has 15 nitrogen and oxygen atoms in total. The van der Waals surface area contributed by atoms with Gasteiger partial charge in [-0.05, 0) is 158 Å². The summed E-state index contributed by atoms with van der Waals surface area (Å²) in [6.07, 6.45) is 0.250. The van der Waals surface area contributed by atoms with Gasteiger partial charge in [-0.2, -0.15) is 14.7 Å². The van der Waals surface area contributed by atoms with Crippen molar-refractivity contribution in [3.63, 3.8) is 0 Å². The number of aromatic carboxylic acids is 4. The summed E-state index contributed by atoms with van der Waals surface area (Å²) in [6, 6.07) is 37.3. The second-order valence-electron chi connectivity index (χ2n) is 22.6. The highest BCUT2D eigenvalue weighted by Gasteiger charge is 2.18. The first-order chi connectivity index (χ1) is 43.6. The standard InChI is InChI=1S/C11H12FN3.C11H13FO2.C10H11ClO2.3C10H11FO2.C9H12.CO2/c1-7(2)8-3-4-10(12)9(5-8)11-6-13-15-14-11;1-7(2)8-4-5-10(12)9(6-8)11(13)14-3;1-6(2)7-3-4-9(11)8(5-7)10(12)13;1-6(2)8-5-7(10(12)13)3-4-9(8)11;1-6(2)8-4-3-7(11)5-9(8)10(12)13;1-6(2)7-4-3-5-8(9(7)11)10(12)13;1-8(2)9-6-4-3-5-7-9;2-1-3/h3-5,7H,6H2,1-2H3;4-7H,1-3H3;4*3-6H,1-2H3,(H,12,13);3-8H,1-2H3;. The largest absolute Gasteiger partial charge is 0.478 e. The van der Waals surface area contributed by atoms with Crippen molar-refractivity contribution in [1.82, 2.24) is 0 Å². The van der Waals surface area contributed by atoms with Gasteiger partial charge in [-0.25, -0.2) is 45.9 Å². The van der Waals surface area contributed by atoms with E-state index in [2.05, 4.69) is 72.1 Å². The van der Waals surface area contributed by atoms with Crippen LogP contribution in [0.25, 0.3) is 0 Å². The van der Waals surface area contributed by atoms with Crippen LogP contribution in [0.1, 0.15) is 235 Å². The van der Waals surface area contributed by atoms with Gasteiger partial charge in [0.1, 0.15) is 35.6 Å². The number of hydrogen-bond acceptors (Lipinski definition) is 11. The van der Waals surface area contributed by atoms with Crippen LogP contribution in [0.3, 0.4) is 0 Å². The SMILES string of the molecule is CC(C)c1cc(C(=O)O)ccc1F.CC(C)c1ccc(Cl)c(C(=O)O)c1.CC(C)c1ccc(F)c(C2=NN=NC2)c1.CC(C)c1ccc(F)cc1C(=O)O.CC(C)c1cccc(C(=O)O)c1F.CC(C)c1ccccc1.COC(=O)c1cc(C(C)C)ccc1F.O=C=O. The Kier molecular flexibility index (Phi) is 36.0. The summed E-state index contributed by atoms with van der Waals surface area (Å²) in [4.78, 5) is 69.9. The first-order valence-electron chi connectivity index (χ1n) is 29.3. The van der Waals surface area contributed by atoms with E-state index in [-0.39, 0.29) is 74.3 Å². The quantitative estimate of drug-likeness (QED) is 0.0622. The van der Waals surface area contributed by atoms with Crippen LogP contribution in [0.2, 0.25) is 5.02 Å². The number of nitrogens with zero attached hydrogens (tertiary/aromatic N) is 3. The number of carbonyl (C=O) groups excluding carboxylic acids is 3. The number of methoxy groups -OCH3 is 1. The Morgan fingerprint density at radius 3 is 1.37 bits per heavy atom. The molecule has 1 aliphatic heterocycles. The molecule has 0 unspecified atom stereocenters. The number of carbonyl (C=O) groups is 5. The molecule has 21 heteroatoms. The summed E-state index contributed by atoms with van der Waals surface area (Å²) in [7, 11) is 1.24. The van der Waals surface area contributed by atoms with E-state index in [0.29, 0.717) is 52.3 Å². The predicted octanol–water partition coefficient (Wildman–Crippen LogP) is 19.2. The molecule has 7 aromatic carbocycles. The van der Waals surface area contributed by atoms with Gasteiger partial charge in [-0.1, -0.05) is 175 Å². The molecule has 1 aliphatic rings. The van der Waals surface area contributed by atoms with Gasteiger partial charge in [0.25, 0.3) is 0 Å². The summed E-state index contributed by atoms with van der Waals surface area (Å²) in [6.45, 7) is 27.9. The molecule has 8 rings (SSSR count). The molecule has 93 heavy (non-hydrogen) atoms. The molecule has 0 amide bonds. The van der Waals surface area contributed by atoms with Crippen molar-refractivity contribution < 1.29 is 80.7 Å². The van der Waals surface area contributed by atoms with E-state index in [1.165, 1.54) is 67.3 Å². The zero-order valence-corrected chi connectivity index (χ0v) is 55.4. The van der Waals surface area contributed by atoms with Crippen LogP contribution in [0.15, 0.2) is 155 Å². The third kappa shape index (κ3) is 27.9. The Hall–Kier alpha value is -9.52. The fourth-order valence-electron chi connectivity index (χ4n) is 8.05. The molecule has 0 aromatic heterocycles. The van der Waals surface area contributed by atoms with Crippen LogP contribution in [0.5, 0.6) is 0 Å². The van der Waals surface area contributed by atoms with Crippen molar-refractivity contribution >= 4 is 53.3 Å². The molecule has 0 fully saturated rings. The van der Waals surface area contributed by atoms with Crippen molar-refractivity contribution in [3.8, 4) is 0 Å². The van der Waals surface area contributed by atoms with Crippen LogP contribution in [-0.4, -0.2) is 75.8 Å². The third-order valence-corrected chi connectivity index (χ3v) is 13.8. The predicted molar refractivity (Wildman–Crippen MR) is 349 cm³/mol. The van der Waals surface area contributed by atoms with Gasteiger partial charge in [-0.3, -0.25) is 0 Å². The van der Waals surface area contributed by atoms with Crippen molar-refractivity contribution in [1.29, 1.82) is 0 Å². The van der Waals surface area contributed by atoms with E-state index in [1.807, 2.05) is 87.4 Å². The number of rotatable bonds is 13. The molecule has 498 valence electrons. The Morgan fingerprint density at radius 2 is 0.925 bits per heavy atom. The minimum absolute atomic E-state index is 0.000648. The van der Waals surface area contributed by atoms with Gasteiger partial charge in [0.15, 0.2) is 0 Å². The van der Waals surface area contributed by atoms with E-state index >= 15 is 0 Å². The highest BCUT2D eigenvalue weighted by molar-refractivity contribution is 6.33. The monoisotopic (exact) mass is 1310 g/mol. The second kappa shape index (κ2) is 41.1. The van der Waals surface area contributed by atoms with Crippen molar-refractivity contribution in [2.45, 2.75) is 138 Å². The number of benzene rings is 7. The summed E-state index contributed by atoms with van der Waals surface area (Å²) in [5.41, 5.74) is 7.19. The van der Waals surface area contributed by atoms with Crippen molar-refractivity contribution in [2.75, 3.05) is 13.7 Å². The van der Waals surface area contributed by atoms with Crippen molar-refractivity contribution in [3.05, 3.63) is 246 Å². The summed E-state index contributed by atoms with van der Waals surface area (Å²) in [5.74, 6) is -5.52. The second-order valence-corrected chi connectivity index (χ2v) is 23.0. The minimum Gasteiger partial charge on any atom is -0.478 e. The highest BCUT2D eigenvalue weighted by Crippen LogP contribution is 2.26. The first-order valence-corrected chi connectivity index (χ1v) is 29.7. The lowest BCUT2D eigenvalue weighted by Gasteiger charge is -2.08. The van der Waals surface area contributed by atoms with E-state index in [1.54, 1.807) is 36.4 Å². The van der Waals surface area contributed by atoms with Crippen LogP contribution in [0, 0.1) is 29.1 Å². The number of carboxylic acid groups (broad SMARTS) is 4. The zero-order chi connectivity index (χ0) is 71.0. The van der Waals surface area contributed by atoms with Gasteiger partial charge in [-0.15, -0.1) is 5.10 Å². The average Bonchev–Trinajstić information content (AvgIpc) is 2.26. The lowest BCUT2D eigenvalue weighted by Crippen LogP contribution is -2.06. The fourth-order valence-corrected chi connectivity index (χ4v) is 8.25. The minimum atomic E-state index is -1.22. The molecular formula is C72H81ClF5N3O12. The zero-order valence-electron chi connectivity index (χ0n) is 54.7. The summed E-state index contributed by atoms with van der Waals surface area (Å²) >= 11 is 5.72. The maximum Gasteiger partial charge on any atom is 0.373 e. The molecule has 0 saturated heterocycles. The third-order valence-electron chi connectivity index (χ3n) is 13.4. The molecule has 4 N–H and O–H groups in total. The Morgan fingerprint density at radius 1 is 0.452 bits per heavy atom. The van der Waals surface area contributed by atoms with Crippen LogP contribution in [0.4, 0.5) is 22.0 Å². The molecule has 0 saturated carbocycles. The normalized spacial score (nSPS) is 10.9. The highest BCUT2D eigenvalue weighted by atomic mass is 35.5. The Labute approximate surface area is 545 Å². The average molecular weight is 1310 g/mol. The number of carboxylic acids is 4. The van der Waals surface area contributed by atoms with E-state index in [9.17, 15) is 45.9 Å². The molecular weight excluding hydrogens is 1230 g/mol. The topological polar surface area (TPSA) is 247 Å². The molecule has 0 radical (unpaired) electrons. The summed E-state index contributed by atoms with van der Waals surface area (Å²) in [5, 5.41) is 46.2. The van der Waals surface area contributed by atoms with Gasteiger partial charge >= 0.3 is 36.0 Å². The molecule has 0 atom stereocenters. The lowest BCUT2D eigenvalue weighted by molar-refractivity contribution is -0.191. The van der Waals surface area contributed by atoms with Gasteiger partial charge in [0, 0.05) is 5.56 Å². The molecule has 0 bridgehead atoms. The maximum absolute atomic E-state index is 13.5. The number of ether oxygens (including phenoxy) is 1. The summed E-state index contributed by atoms with van der Waals surface area (Å²) < 4.78 is 70.4. The van der Waals surface area contributed by atoms with Crippen molar-refractivity contribution in [2.24, 2.45) is 15.4 Å². The fraction of sp³-hybridized carbons (Fsp3) is 0.319. The van der Waals surface area contributed by atoms with Crippen LogP contribution < -0.4 is 0 Å². The first kappa shape index (κ1) is 81.5. The molecule has 7 aromatic rings. The molecule has 0 spiro atoms. The van der Waals surface area contributed by atoms with Gasteiger partial charge in [0.05, 0.1) is 45.7 Å². The molecule has 0 aliphatic carbocycles. The van der Waals surface area contributed by atoms with E-state index in [4.69, 9.17) is 41.6 Å². The van der Waals surface area contributed by atoms with E-state index in [0.717, 1.165) is 22.8 Å². The smallest absolute Gasteiger partial charge is 0.373 e. The molecule has 1 heterocycles. The van der Waals surface area contributed by atoms with Gasteiger partial charge in [0.2, 0.25) is 0 Å². The Balaban J connectivity index is 0.000000540. The van der Waals surface area contributed by atoms with Crippen LogP contribution >= 0.6 is 11.6 Å². The Bertz CT molecular complexity index is 3680. The number of esters is 1. The number of halogens is 6. The van der Waals surface area contributed by atoms with Gasteiger partial charge < -0.3 is 25.2 Å². The maximum atomic E-state index is 13.5. The number of hydrogen-bond donors (Lipinski definition) is 4.